The summed E-state index contributed by atoms with van der Waals surface area (Å²) in [6, 6.07) is 2.28. The molecule has 0 aliphatic heterocycles. The van der Waals surface area contributed by atoms with Gasteiger partial charge in [-0.15, -0.1) is 11.3 Å². The molecular weight excluding hydrogens is 278 g/mol. The summed E-state index contributed by atoms with van der Waals surface area (Å²) in [6.45, 7) is 4.21. The Bertz CT molecular complexity index is 559. The topological polar surface area (TPSA) is 29.9 Å². The fourth-order valence-corrected chi connectivity index (χ4v) is 3.76. The van der Waals surface area contributed by atoms with Crippen molar-refractivity contribution in [1.82, 2.24) is 15.1 Å². The molecule has 2 heterocycles. The molecular formula is C14H20ClN3S. The van der Waals surface area contributed by atoms with E-state index in [1.54, 1.807) is 11.3 Å². The Hall–Kier alpha value is -0.840. The van der Waals surface area contributed by atoms with Gasteiger partial charge >= 0.3 is 0 Å². The number of aryl methyl sites for hydroxylation is 2. The Kier molecular flexibility index (Phi) is 4.66. The smallest absolute Gasteiger partial charge is 0.0628 e. The van der Waals surface area contributed by atoms with Crippen LogP contribution in [0.15, 0.2) is 11.4 Å². The maximum atomic E-state index is 6.22. The van der Waals surface area contributed by atoms with Crippen molar-refractivity contribution >= 4 is 22.9 Å². The molecule has 0 aromatic carbocycles. The Morgan fingerprint density at radius 3 is 2.68 bits per heavy atom. The van der Waals surface area contributed by atoms with Gasteiger partial charge < -0.3 is 5.32 Å². The minimum absolute atomic E-state index is 0.312. The van der Waals surface area contributed by atoms with Crippen molar-refractivity contribution in [2.24, 2.45) is 7.05 Å². The van der Waals surface area contributed by atoms with Gasteiger partial charge in [-0.3, -0.25) is 4.68 Å². The number of nitrogens with zero attached hydrogens (tertiary/aromatic N) is 2. The summed E-state index contributed by atoms with van der Waals surface area (Å²) in [4.78, 5) is 1.23. The third-order valence-corrected chi connectivity index (χ3v) is 5.12. The van der Waals surface area contributed by atoms with Crippen LogP contribution in [0.5, 0.6) is 0 Å². The van der Waals surface area contributed by atoms with Gasteiger partial charge in [0.25, 0.3) is 0 Å². The van der Waals surface area contributed by atoms with E-state index in [1.807, 2.05) is 30.2 Å². The number of aromatic nitrogens is 2. The van der Waals surface area contributed by atoms with E-state index >= 15 is 0 Å². The lowest BCUT2D eigenvalue weighted by Gasteiger charge is -2.15. The molecule has 0 radical (unpaired) electrons. The molecule has 0 bridgehead atoms. The highest BCUT2D eigenvalue weighted by Crippen LogP contribution is 2.31. The molecule has 19 heavy (non-hydrogen) atoms. The van der Waals surface area contributed by atoms with Gasteiger partial charge in [-0.25, -0.2) is 0 Å². The molecule has 5 heteroatoms. The Morgan fingerprint density at radius 2 is 2.21 bits per heavy atom. The molecule has 104 valence electrons. The van der Waals surface area contributed by atoms with Gasteiger partial charge in [0.15, 0.2) is 0 Å². The number of nitrogens with one attached hydrogen (secondary N) is 1. The van der Waals surface area contributed by atoms with Crippen LogP contribution in [0.3, 0.4) is 0 Å². The minimum Gasteiger partial charge on any atom is -0.312 e. The van der Waals surface area contributed by atoms with Crippen LogP contribution in [0.4, 0.5) is 0 Å². The second-order valence-electron chi connectivity index (χ2n) is 4.79. The summed E-state index contributed by atoms with van der Waals surface area (Å²) >= 11 is 7.93. The van der Waals surface area contributed by atoms with Crippen molar-refractivity contribution in [2.45, 2.75) is 32.7 Å². The molecule has 0 aliphatic carbocycles. The zero-order chi connectivity index (χ0) is 14.0. The van der Waals surface area contributed by atoms with Crippen LogP contribution in [-0.2, 0) is 13.5 Å². The zero-order valence-electron chi connectivity index (χ0n) is 11.8. The summed E-state index contributed by atoms with van der Waals surface area (Å²) < 4.78 is 1.96. The molecule has 2 aromatic rings. The van der Waals surface area contributed by atoms with Crippen molar-refractivity contribution in [3.05, 3.63) is 38.3 Å². The quantitative estimate of drug-likeness (QED) is 0.913. The maximum absolute atomic E-state index is 6.22. The largest absolute Gasteiger partial charge is 0.312 e. The lowest BCUT2D eigenvalue weighted by atomic mass is 10.0. The standard InChI is InChI=1S/C14H20ClN3S/c1-9-11(10(2)18(4)17-9)5-6-13(16-3)14-12(15)7-8-19-14/h7-8,13,16H,5-6H2,1-4H3. The van der Waals surface area contributed by atoms with Crippen LogP contribution in [-0.4, -0.2) is 16.8 Å². The molecule has 2 aromatic heterocycles. The van der Waals surface area contributed by atoms with Gasteiger partial charge in [-0.05, 0) is 50.7 Å². The number of thiophene rings is 1. The molecule has 1 atom stereocenters. The van der Waals surface area contributed by atoms with E-state index in [-0.39, 0.29) is 0 Å². The monoisotopic (exact) mass is 297 g/mol. The van der Waals surface area contributed by atoms with Crippen molar-refractivity contribution in [3.8, 4) is 0 Å². The van der Waals surface area contributed by atoms with Crippen LogP contribution >= 0.6 is 22.9 Å². The van der Waals surface area contributed by atoms with E-state index in [9.17, 15) is 0 Å². The van der Waals surface area contributed by atoms with Gasteiger partial charge in [0, 0.05) is 23.7 Å². The molecule has 0 fully saturated rings. The van der Waals surface area contributed by atoms with Gasteiger partial charge in [-0.2, -0.15) is 5.10 Å². The molecule has 1 N–H and O–H groups in total. The van der Waals surface area contributed by atoms with E-state index in [1.165, 1.54) is 16.1 Å². The molecule has 3 nitrogen and oxygen atoms in total. The lowest BCUT2D eigenvalue weighted by Crippen LogP contribution is -2.16. The SMILES string of the molecule is CNC(CCc1c(C)nn(C)c1C)c1sccc1Cl. The second kappa shape index (κ2) is 6.07. The highest BCUT2D eigenvalue weighted by Gasteiger charge is 2.16. The molecule has 0 aliphatic rings. The van der Waals surface area contributed by atoms with Crippen molar-refractivity contribution in [3.63, 3.8) is 0 Å². The first-order valence-corrected chi connectivity index (χ1v) is 7.69. The van der Waals surface area contributed by atoms with E-state index in [0.29, 0.717) is 6.04 Å². The van der Waals surface area contributed by atoms with Gasteiger partial charge in [-0.1, -0.05) is 11.6 Å². The summed E-state index contributed by atoms with van der Waals surface area (Å²) in [5, 5.41) is 10.7. The highest BCUT2D eigenvalue weighted by atomic mass is 35.5. The van der Waals surface area contributed by atoms with Crippen LogP contribution in [0.2, 0.25) is 5.02 Å². The highest BCUT2D eigenvalue weighted by molar-refractivity contribution is 7.10. The van der Waals surface area contributed by atoms with Crippen LogP contribution in [0, 0.1) is 13.8 Å². The molecule has 0 spiro atoms. The second-order valence-corrected chi connectivity index (χ2v) is 6.14. The van der Waals surface area contributed by atoms with Gasteiger partial charge in [0.1, 0.15) is 0 Å². The number of hydrogen-bond acceptors (Lipinski definition) is 3. The first kappa shape index (κ1) is 14.6. The van der Waals surface area contributed by atoms with Crippen LogP contribution < -0.4 is 5.32 Å². The number of halogens is 1. The van der Waals surface area contributed by atoms with E-state index in [4.69, 9.17) is 11.6 Å². The predicted octanol–water partition coefficient (Wildman–Crippen LogP) is 3.65. The molecule has 0 amide bonds. The first-order valence-electron chi connectivity index (χ1n) is 6.43. The fourth-order valence-electron chi connectivity index (χ4n) is 2.43. The first-order chi connectivity index (χ1) is 9.04. The number of hydrogen-bond donors (Lipinski definition) is 1. The third-order valence-electron chi connectivity index (χ3n) is 3.65. The third kappa shape index (κ3) is 3.02. The summed E-state index contributed by atoms with van der Waals surface area (Å²) in [5.74, 6) is 0. The Balaban J connectivity index is 2.11. The van der Waals surface area contributed by atoms with Crippen molar-refractivity contribution in [2.75, 3.05) is 7.05 Å². The summed E-state index contributed by atoms with van der Waals surface area (Å²) in [6.07, 6.45) is 2.05. The lowest BCUT2D eigenvalue weighted by molar-refractivity contribution is 0.556. The van der Waals surface area contributed by atoms with Gasteiger partial charge in [0.05, 0.1) is 10.7 Å². The zero-order valence-corrected chi connectivity index (χ0v) is 13.4. The predicted molar refractivity (Wildman–Crippen MR) is 82.1 cm³/mol. The van der Waals surface area contributed by atoms with Crippen molar-refractivity contribution in [1.29, 1.82) is 0 Å². The Morgan fingerprint density at radius 1 is 1.47 bits per heavy atom. The number of rotatable bonds is 5. The molecule has 2 rings (SSSR count). The fraction of sp³-hybridized carbons (Fsp3) is 0.500. The van der Waals surface area contributed by atoms with E-state index in [0.717, 1.165) is 23.6 Å². The minimum atomic E-state index is 0.312. The summed E-state index contributed by atoms with van der Waals surface area (Å²) in [5.41, 5.74) is 3.74. The van der Waals surface area contributed by atoms with Crippen molar-refractivity contribution < 1.29 is 0 Å². The average molecular weight is 298 g/mol. The molecule has 0 saturated heterocycles. The Labute approximate surface area is 123 Å². The molecule has 1 unspecified atom stereocenters. The normalized spacial score (nSPS) is 12.9. The van der Waals surface area contributed by atoms with Gasteiger partial charge in [0.2, 0.25) is 0 Å². The van der Waals surface area contributed by atoms with E-state index in [2.05, 4.69) is 24.3 Å². The van der Waals surface area contributed by atoms with Crippen LogP contribution in [0.1, 0.15) is 34.3 Å². The molecule has 0 saturated carbocycles. The summed E-state index contributed by atoms with van der Waals surface area (Å²) in [7, 11) is 3.99. The van der Waals surface area contributed by atoms with E-state index < -0.39 is 0 Å². The maximum Gasteiger partial charge on any atom is 0.0628 e. The average Bonchev–Trinajstić information content (AvgIpc) is 2.89. The van der Waals surface area contributed by atoms with Crippen LogP contribution in [0.25, 0.3) is 0 Å².